The molecule has 0 spiro atoms. The summed E-state index contributed by atoms with van der Waals surface area (Å²) >= 11 is 1.56. The van der Waals surface area contributed by atoms with Gasteiger partial charge in [-0.15, -0.1) is 11.3 Å². The van der Waals surface area contributed by atoms with Gasteiger partial charge in [0.15, 0.2) is 6.61 Å². The van der Waals surface area contributed by atoms with Crippen molar-refractivity contribution in [2.45, 2.75) is 13.5 Å². The lowest BCUT2D eigenvalue weighted by Crippen LogP contribution is -2.10. The van der Waals surface area contributed by atoms with Gasteiger partial charge in [-0.05, 0) is 61.0 Å². The molecule has 0 saturated carbocycles. The summed E-state index contributed by atoms with van der Waals surface area (Å²) < 4.78 is 16.5. The fourth-order valence-corrected chi connectivity index (χ4v) is 4.21. The Kier molecular flexibility index (Phi) is 6.85. The fourth-order valence-electron chi connectivity index (χ4n) is 3.22. The standard InChI is InChI=1S/C25H22N2O5S/c1-16-12-20(9-10-21(16)32-15-23(28)29)31-14-22-27-24(17-5-7-19(30-2)8-6-17)25(33-22)18-4-3-11-26-13-18/h3-13H,14-15H2,1-2H3,(H,28,29). The smallest absolute Gasteiger partial charge is 0.341 e. The first kappa shape index (κ1) is 22.3. The van der Waals surface area contributed by atoms with Gasteiger partial charge in [-0.3, -0.25) is 4.98 Å². The van der Waals surface area contributed by atoms with Gasteiger partial charge in [-0.2, -0.15) is 0 Å². The quantitative estimate of drug-likeness (QED) is 0.364. The van der Waals surface area contributed by atoms with E-state index in [4.69, 9.17) is 24.3 Å². The van der Waals surface area contributed by atoms with E-state index in [9.17, 15) is 4.79 Å². The zero-order valence-corrected chi connectivity index (χ0v) is 19.0. The molecule has 1 N–H and O–H groups in total. The summed E-state index contributed by atoms with van der Waals surface area (Å²) in [7, 11) is 1.64. The Morgan fingerprint density at radius 2 is 1.82 bits per heavy atom. The van der Waals surface area contributed by atoms with E-state index in [2.05, 4.69) is 4.98 Å². The number of methoxy groups -OCH3 is 1. The molecule has 33 heavy (non-hydrogen) atoms. The van der Waals surface area contributed by atoms with E-state index < -0.39 is 5.97 Å². The molecule has 2 heterocycles. The van der Waals surface area contributed by atoms with Crippen LogP contribution in [0.1, 0.15) is 10.6 Å². The number of ether oxygens (including phenoxy) is 3. The van der Waals surface area contributed by atoms with Crippen molar-refractivity contribution < 1.29 is 24.1 Å². The minimum Gasteiger partial charge on any atom is -0.497 e. The maximum atomic E-state index is 10.7. The number of benzene rings is 2. The monoisotopic (exact) mass is 462 g/mol. The van der Waals surface area contributed by atoms with E-state index in [-0.39, 0.29) is 6.61 Å². The van der Waals surface area contributed by atoms with E-state index in [0.717, 1.165) is 38.0 Å². The van der Waals surface area contributed by atoms with Gasteiger partial charge >= 0.3 is 5.97 Å². The molecule has 168 valence electrons. The maximum Gasteiger partial charge on any atom is 0.341 e. The lowest BCUT2D eigenvalue weighted by atomic mass is 10.1. The van der Waals surface area contributed by atoms with Crippen LogP contribution in [-0.4, -0.2) is 34.8 Å². The summed E-state index contributed by atoms with van der Waals surface area (Å²) in [5, 5.41) is 9.60. The topological polar surface area (TPSA) is 90.8 Å². The second-order valence-electron chi connectivity index (χ2n) is 7.15. The SMILES string of the molecule is COc1ccc(-c2nc(COc3ccc(OCC(=O)O)c(C)c3)sc2-c2cccnc2)cc1. The molecular formula is C25H22N2O5S. The highest BCUT2D eigenvalue weighted by atomic mass is 32.1. The molecule has 2 aromatic carbocycles. The summed E-state index contributed by atoms with van der Waals surface area (Å²) in [6.07, 6.45) is 3.57. The van der Waals surface area contributed by atoms with Crippen LogP contribution in [0.5, 0.6) is 17.2 Å². The van der Waals surface area contributed by atoms with Gasteiger partial charge in [0.2, 0.25) is 0 Å². The lowest BCUT2D eigenvalue weighted by Gasteiger charge is -2.09. The van der Waals surface area contributed by atoms with E-state index in [1.807, 2.05) is 55.6 Å². The first-order valence-electron chi connectivity index (χ1n) is 10.2. The highest BCUT2D eigenvalue weighted by Gasteiger charge is 2.16. The molecule has 0 unspecified atom stereocenters. The van der Waals surface area contributed by atoms with Gasteiger partial charge < -0.3 is 19.3 Å². The van der Waals surface area contributed by atoms with Crippen molar-refractivity contribution in [1.82, 2.24) is 9.97 Å². The Bertz CT molecular complexity index is 1240. The number of carbonyl (C=O) groups is 1. The normalized spacial score (nSPS) is 10.6. The van der Waals surface area contributed by atoms with E-state index in [1.54, 1.807) is 36.8 Å². The van der Waals surface area contributed by atoms with Crippen LogP contribution in [-0.2, 0) is 11.4 Å². The number of carboxylic acids is 1. The lowest BCUT2D eigenvalue weighted by molar-refractivity contribution is -0.139. The minimum absolute atomic E-state index is 0.294. The number of hydrogen-bond acceptors (Lipinski definition) is 7. The van der Waals surface area contributed by atoms with Crippen LogP contribution in [0.2, 0.25) is 0 Å². The largest absolute Gasteiger partial charge is 0.497 e. The van der Waals surface area contributed by atoms with Crippen LogP contribution in [0.25, 0.3) is 21.7 Å². The highest BCUT2D eigenvalue weighted by Crippen LogP contribution is 2.37. The molecule has 0 amide bonds. The van der Waals surface area contributed by atoms with Crippen molar-refractivity contribution in [3.05, 3.63) is 77.6 Å². The molecule has 0 atom stereocenters. The zero-order valence-electron chi connectivity index (χ0n) is 18.1. The molecule has 4 aromatic rings. The van der Waals surface area contributed by atoms with Gasteiger partial charge in [0.05, 0.1) is 17.7 Å². The zero-order chi connectivity index (χ0) is 23.2. The number of rotatable bonds is 9. The number of thiazole rings is 1. The Labute approximate surface area is 195 Å². The first-order valence-corrected chi connectivity index (χ1v) is 11.0. The molecular weight excluding hydrogens is 440 g/mol. The Balaban J connectivity index is 1.56. The summed E-state index contributed by atoms with van der Waals surface area (Å²) in [6.45, 7) is 1.75. The van der Waals surface area contributed by atoms with Crippen molar-refractivity contribution in [2.75, 3.05) is 13.7 Å². The summed E-state index contributed by atoms with van der Waals surface area (Å²) in [5.41, 5.74) is 3.63. The second-order valence-corrected chi connectivity index (χ2v) is 8.24. The number of aromatic nitrogens is 2. The number of nitrogens with zero attached hydrogens (tertiary/aromatic N) is 2. The number of aryl methyl sites for hydroxylation is 1. The summed E-state index contributed by atoms with van der Waals surface area (Å²) in [4.78, 5) is 20.8. The van der Waals surface area contributed by atoms with Gasteiger partial charge in [0.1, 0.15) is 28.9 Å². The van der Waals surface area contributed by atoms with E-state index in [1.165, 1.54) is 0 Å². The van der Waals surface area contributed by atoms with Crippen LogP contribution < -0.4 is 14.2 Å². The molecule has 2 aromatic heterocycles. The average Bonchev–Trinajstić information content (AvgIpc) is 3.27. The van der Waals surface area contributed by atoms with Crippen LogP contribution in [0.15, 0.2) is 67.0 Å². The predicted octanol–water partition coefficient (Wildman–Crippen LogP) is 5.23. The molecule has 0 fully saturated rings. The first-order chi connectivity index (χ1) is 16.0. The van der Waals surface area contributed by atoms with E-state index in [0.29, 0.717) is 18.1 Å². The molecule has 0 aliphatic heterocycles. The third kappa shape index (κ3) is 5.48. The molecule has 0 aliphatic carbocycles. The van der Waals surface area contributed by atoms with Crippen molar-refractivity contribution >= 4 is 17.3 Å². The van der Waals surface area contributed by atoms with Gasteiger partial charge in [0.25, 0.3) is 0 Å². The van der Waals surface area contributed by atoms with Crippen molar-refractivity contribution in [1.29, 1.82) is 0 Å². The summed E-state index contributed by atoms with van der Waals surface area (Å²) in [6, 6.07) is 17.0. The number of aliphatic carboxylic acids is 1. The molecule has 8 heteroatoms. The molecule has 7 nitrogen and oxygen atoms in total. The van der Waals surface area contributed by atoms with Crippen LogP contribution in [0, 0.1) is 6.92 Å². The number of hydrogen-bond donors (Lipinski definition) is 1. The third-order valence-electron chi connectivity index (χ3n) is 4.82. The highest BCUT2D eigenvalue weighted by molar-refractivity contribution is 7.15. The Hall–Kier alpha value is -3.91. The van der Waals surface area contributed by atoms with Crippen LogP contribution in [0.3, 0.4) is 0 Å². The van der Waals surface area contributed by atoms with Gasteiger partial charge in [-0.1, -0.05) is 6.07 Å². The van der Waals surface area contributed by atoms with Crippen molar-refractivity contribution in [2.24, 2.45) is 0 Å². The fraction of sp³-hybridized carbons (Fsp3) is 0.160. The van der Waals surface area contributed by atoms with Gasteiger partial charge in [-0.25, -0.2) is 9.78 Å². The van der Waals surface area contributed by atoms with Crippen molar-refractivity contribution in [3.8, 4) is 38.9 Å². The number of pyridine rings is 1. The Morgan fingerprint density at radius 3 is 2.48 bits per heavy atom. The minimum atomic E-state index is -1.02. The maximum absolute atomic E-state index is 10.7. The predicted molar refractivity (Wildman–Crippen MR) is 126 cm³/mol. The molecule has 4 rings (SSSR count). The van der Waals surface area contributed by atoms with Gasteiger partial charge in [0, 0.05) is 23.5 Å². The molecule has 0 bridgehead atoms. The third-order valence-corrected chi connectivity index (χ3v) is 5.90. The number of carboxylic acid groups (broad SMARTS) is 1. The second kappa shape index (κ2) is 10.1. The van der Waals surface area contributed by atoms with E-state index >= 15 is 0 Å². The average molecular weight is 463 g/mol. The van der Waals surface area contributed by atoms with Crippen LogP contribution >= 0.6 is 11.3 Å². The molecule has 0 aliphatic rings. The Morgan fingerprint density at radius 1 is 1.03 bits per heavy atom. The molecule has 0 radical (unpaired) electrons. The summed E-state index contributed by atoms with van der Waals surface area (Å²) in [5.74, 6) is 0.932. The van der Waals surface area contributed by atoms with Crippen molar-refractivity contribution in [3.63, 3.8) is 0 Å². The van der Waals surface area contributed by atoms with Crippen LogP contribution in [0.4, 0.5) is 0 Å². The molecule has 0 saturated heterocycles.